The Morgan fingerprint density at radius 1 is 1.12 bits per heavy atom. The summed E-state index contributed by atoms with van der Waals surface area (Å²) < 4.78 is 31.5. The average Bonchev–Trinajstić information content (AvgIpc) is 2.61. The molecule has 1 atom stereocenters. The number of carbonyl (C=O) groups is 1. The zero-order valence-electron chi connectivity index (χ0n) is 14.7. The van der Waals surface area contributed by atoms with Gasteiger partial charge in [-0.1, -0.05) is 30.3 Å². The van der Waals surface area contributed by atoms with Gasteiger partial charge in [0.25, 0.3) is 11.5 Å². The van der Waals surface area contributed by atoms with Crippen molar-refractivity contribution in [3.05, 3.63) is 62.3 Å². The van der Waals surface area contributed by atoms with Crippen molar-refractivity contribution >= 4 is 5.91 Å². The Balaban J connectivity index is 2.91. The molecule has 0 aliphatic heterocycles. The summed E-state index contributed by atoms with van der Waals surface area (Å²) in [6.07, 6.45) is 0. The van der Waals surface area contributed by atoms with Gasteiger partial charge in [0.05, 0.1) is 11.5 Å². The van der Waals surface area contributed by atoms with E-state index >= 15 is 8.78 Å². The van der Waals surface area contributed by atoms with E-state index < -0.39 is 40.4 Å². The smallest absolute Gasteiger partial charge is 0.335 e. The summed E-state index contributed by atoms with van der Waals surface area (Å²) in [6, 6.07) is 7.19. The van der Waals surface area contributed by atoms with Crippen molar-refractivity contribution in [2.45, 2.75) is 11.8 Å². The molecule has 0 bridgehead atoms. The second-order valence-electron chi connectivity index (χ2n) is 6.11. The van der Waals surface area contributed by atoms with Gasteiger partial charge in [0.1, 0.15) is 0 Å². The molecule has 0 fully saturated rings. The van der Waals surface area contributed by atoms with Crippen LogP contribution >= 0.6 is 0 Å². The third kappa shape index (κ3) is 3.00. The lowest BCUT2D eigenvalue weighted by Crippen LogP contribution is -2.48. The highest BCUT2D eigenvalue weighted by Crippen LogP contribution is 2.41. The normalized spacial score (nSPS) is 12.7. The molecule has 2 rings (SSSR count). The predicted octanol–water partition coefficient (Wildman–Crippen LogP) is 0.645. The minimum absolute atomic E-state index is 0.0428. The third-order valence-electron chi connectivity index (χ3n) is 4.14. The van der Waals surface area contributed by atoms with Gasteiger partial charge < -0.3 is 10.0 Å². The fourth-order valence-electron chi connectivity index (χ4n) is 2.74. The van der Waals surface area contributed by atoms with E-state index in [0.29, 0.717) is 14.0 Å². The van der Waals surface area contributed by atoms with Gasteiger partial charge in [-0.15, -0.1) is 0 Å². The molecule has 0 radical (unpaired) electrons. The first kappa shape index (κ1) is 19.4. The van der Waals surface area contributed by atoms with Crippen LogP contribution in [-0.4, -0.2) is 45.1 Å². The maximum Gasteiger partial charge on any atom is 0.335 e. The molecule has 0 aliphatic carbocycles. The number of aromatic hydroxyl groups is 1. The SMILES string of the molecule is CN(C)C(=O)C(F)(F)C(c1ccccc1)c1c(O)n(C)c(=O)n(C)c1=O. The van der Waals surface area contributed by atoms with Gasteiger partial charge >= 0.3 is 11.6 Å². The van der Waals surface area contributed by atoms with E-state index in [4.69, 9.17) is 0 Å². The number of hydrogen-bond acceptors (Lipinski definition) is 4. The monoisotopic (exact) mass is 367 g/mol. The standard InChI is InChI=1S/C17H19F2N3O4/c1-20(2)15(25)17(18,19)12(10-8-6-5-7-9-10)11-13(23)21(3)16(26)22(4)14(11)24/h5-9,12,23H,1-4H3. The van der Waals surface area contributed by atoms with Crippen LogP contribution in [0.15, 0.2) is 39.9 Å². The van der Waals surface area contributed by atoms with Gasteiger partial charge in [-0.25, -0.2) is 4.79 Å². The minimum Gasteiger partial charge on any atom is -0.494 e. The number of aromatic nitrogens is 2. The molecule has 1 N–H and O–H groups in total. The number of benzene rings is 1. The summed E-state index contributed by atoms with van der Waals surface area (Å²) in [4.78, 5) is 37.3. The number of nitrogens with zero attached hydrogens (tertiary/aromatic N) is 3. The first-order chi connectivity index (χ1) is 12.0. The van der Waals surface area contributed by atoms with Crippen molar-refractivity contribution in [1.29, 1.82) is 0 Å². The number of carbonyl (C=O) groups excluding carboxylic acids is 1. The van der Waals surface area contributed by atoms with Crippen LogP contribution < -0.4 is 11.2 Å². The molecular weight excluding hydrogens is 348 g/mol. The number of rotatable bonds is 4. The van der Waals surface area contributed by atoms with Crippen molar-refractivity contribution in [3.8, 4) is 5.88 Å². The molecule has 7 nitrogen and oxygen atoms in total. The lowest BCUT2D eigenvalue weighted by molar-refractivity contribution is -0.156. The fourth-order valence-corrected chi connectivity index (χ4v) is 2.74. The van der Waals surface area contributed by atoms with E-state index in [2.05, 4.69) is 0 Å². The molecule has 9 heteroatoms. The van der Waals surface area contributed by atoms with Gasteiger partial charge in [-0.3, -0.25) is 18.7 Å². The summed E-state index contributed by atoms with van der Waals surface area (Å²) >= 11 is 0. The topological polar surface area (TPSA) is 84.5 Å². The molecule has 0 aliphatic rings. The van der Waals surface area contributed by atoms with Gasteiger partial charge in [0.15, 0.2) is 0 Å². The maximum absolute atomic E-state index is 15.1. The third-order valence-corrected chi connectivity index (χ3v) is 4.14. The van der Waals surface area contributed by atoms with Crippen molar-refractivity contribution < 1.29 is 18.7 Å². The first-order valence-electron chi connectivity index (χ1n) is 7.65. The van der Waals surface area contributed by atoms with Crippen molar-refractivity contribution in [2.75, 3.05) is 14.1 Å². The first-order valence-corrected chi connectivity index (χ1v) is 7.65. The fraction of sp³-hybridized carbons (Fsp3) is 0.353. The molecule has 1 aromatic carbocycles. The Hall–Kier alpha value is -2.97. The van der Waals surface area contributed by atoms with Crippen LogP contribution in [0, 0.1) is 0 Å². The average molecular weight is 367 g/mol. The Morgan fingerprint density at radius 2 is 1.65 bits per heavy atom. The van der Waals surface area contributed by atoms with Crippen LogP contribution in [0.3, 0.4) is 0 Å². The van der Waals surface area contributed by atoms with Crippen molar-refractivity contribution in [1.82, 2.24) is 14.0 Å². The molecule has 0 spiro atoms. The second-order valence-corrected chi connectivity index (χ2v) is 6.11. The quantitative estimate of drug-likeness (QED) is 0.860. The Bertz CT molecular complexity index is 949. The number of hydrogen-bond donors (Lipinski definition) is 1. The van der Waals surface area contributed by atoms with Crippen molar-refractivity contribution in [2.24, 2.45) is 14.1 Å². The van der Waals surface area contributed by atoms with Crippen molar-refractivity contribution in [3.63, 3.8) is 0 Å². The summed E-state index contributed by atoms with van der Waals surface area (Å²) in [5, 5.41) is 10.3. The van der Waals surface area contributed by atoms with Crippen LogP contribution in [0.2, 0.25) is 0 Å². The van der Waals surface area contributed by atoms with Crippen LogP contribution in [0.4, 0.5) is 8.78 Å². The molecule has 26 heavy (non-hydrogen) atoms. The molecule has 2 aromatic rings. The Labute approximate surface area is 147 Å². The summed E-state index contributed by atoms with van der Waals surface area (Å²) in [7, 11) is 4.59. The van der Waals surface area contributed by atoms with Crippen LogP contribution in [0.5, 0.6) is 5.88 Å². The largest absolute Gasteiger partial charge is 0.494 e. The van der Waals surface area contributed by atoms with Gasteiger partial charge in [-0.2, -0.15) is 8.78 Å². The number of alkyl halides is 2. The predicted molar refractivity (Wildman–Crippen MR) is 90.5 cm³/mol. The maximum atomic E-state index is 15.1. The zero-order valence-corrected chi connectivity index (χ0v) is 14.7. The Morgan fingerprint density at radius 3 is 2.15 bits per heavy atom. The minimum atomic E-state index is -4.04. The molecule has 0 saturated heterocycles. The van der Waals surface area contributed by atoms with Crippen LogP contribution in [0.25, 0.3) is 0 Å². The van der Waals surface area contributed by atoms with Gasteiger partial charge in [-0.05, 0) is 5.56 Å². The second kappa shape index (κ2) is 6.74. The highest BCUT2D eigenvalue weighted by Gasteiger charge is 2.52. The highest BCUT2D eigenvalue weighted by molar-refractivity contribution is 5.85. The van der Waals surface area contributed by atoms with E-state index in [0.717, 1.165) is 28.2 Å². The molecule has 1 aromatic heterocycles. The lowest BCUT2D eigenvalue weighted by Gasteiger charge is -2.29. The van der Waals surface area contributed by atoms with Gasteiger partial charge in [0, 0.05) is 28.2 Å². The highest BCUT2D eigenvalue weighted by atomic mass is 19.3. The molecule has 140 valence electrons. The van der Waals surface area contributed by atoms with E-state index in [1.165, 1.54) is 24.3 Å². The summed E-state index contributed by atoms with van der Waals surface area (Å²) in [5.74, 6) is -8.53. The van der Waals surface area contributed by atoms with E-state index in [1.54, 1.807) is 6.07 Å². The molecular formula is C17H19F2N3O4. The Kier molecular flexibility index (Phi) is 5.02. The lowest BCUT2D eigenvalue weighted by atomic mass is 9.86. The number of halogens is 2. The van der Waals surface area contributed by atoms with Gasteiger partial charge in [0.2, 0.25) is 5.88 Å². The summed E-state index contributed by atoms with van der Waals surface area (Å²) in [5.41, 5.74) is -2.73. The number of amides is 1. The molecule has 1 heterocycles. The molecule has 0 saturated carbocycles. The molecule has 1 amide bonds. The van der Waals surface area contributed by atoms with E-state index in [9.17, 15) is 19.5 Å². The zero-order chi connectivity index (χ0) is 19.8. The van der Waals surface area contributed by atoms with E-state index in [-0.39, 0.29) is 5.56 Å². The van der Waals surface area contributed by atoms with Crippen LogP contribution in [-0.2, 0) is 18.9 Å². The molecule has 1 unspecified atom stereocenters. The van der Waals surface area contributed by atoms with E-state index in [1.807, 2.05) is 0 Å². The van der Waals surface area contributed by atoms with Crippen LogP contribution in [0.1, 0.15) is 17.0 Å². The summed E-state index contributed by atoms with van der Waals surface area (Å²) in [6.45, 7) is 0.